The quantitative estimate of drug-likeness (QED) is 0.751. The normalized spacial score (nSPS) is 28.2. The van der Waals surface area contributed by atoms with Crippen LogP contribution in [0.15, 0.2) is 0 Å². The van der Waals surface area contributed by atoms with Crippen LogP contribution in [-0.4, -0.2) is 89.2 Å². The fourth-order valence-electron chi connectivity index (χ4n) is 4.50. The number of likely N-dealkylation sites (N-methyl/N-ethyl adjacent to an activating group) is 1. The number of carbonyl (C=O) groups excluding carboxylic acids is 1. The van der Waals surface area contributed by atoms with Crippen LogP contribution < -0.4 is 5.32 Å². The zero-order valence-electron chi connectivity index (χ0n) is 15.3. The second kappa shape index (κ2) is 8.36. The summed E-state index contributed by atoms with van der Waals surface area (Å²) in [5.41, 5.74) is 0. The standard InChI is InChI=1S/C18H32N4O3/c1-2-20(13-17(23)24)16-11-14(12-16)19-18(25)22-9-7-21(8-10-22)15-5-3-4-6-15/h14-16H,2-13H2,1H3,(H,19,25)(H,23,24). The summed E-state index contributed by atoms with van der Waals surface area (Å²) in [6.07, 6.45) is 7.05. The number of piperazine rings is 1. The van der Waals surface area contributed by atoms with Crippen molar-refractivity contribution in [2.24, 2.45) is 0 Å². The van der Waals surface area contributed by atoms with Crippen molar-refractivity contribution in [3.63, 3.8) is 0 Å². The molecule has 25 heavy (non-hydrogen) atoms. The average Bonchev–Trinajstić information content (AvgIpc) is 3.10. The van der Waals surface area contributed by atoms with Gasteiger partial charge in [-0.05, 0) is 32.2 Å². The van der Waals surface area contributed by atoms with E-state index in [1.165, 1.54) is 25.7 Å². The monoisotopic (exact) mass is 352 g/mol. The molecule has 0 atom stereocenters. The van der Waals surface area contributed by atoms with Crippen LogP contribution in [0.4, 0.5) is 4.79 Å². The van der Waals surface area contributed by atoms with Crippen molar-refractivity contribution in [1.29, 1.82) is 0 Å². The molecule has 0 bridgehead atoms. The third-order valence-corrected chi connectivity index (χ3v) is 6.14. The van der Waals surface area contributed by atoms with Crippen molar-refractivity contribution in [3.8, 4) is 0 Å². The SMILES string of the molecule is CCN(CC(=O)O)C1CC(NC(=O)N2CCN(C3CCCC3)CC2)C1. The van der Waals surface area contributed by atoms with Gasteiger partial charge in [-0.15, -0.1) is 0 Å². The molecule has 0 unspecified atom stereocenters. The summed E-state index contributed by atoms with van der Waals surface area (Å²) < 4.78 is 0. The maximum Gasteiger partial charge on any atom is 0.317 e. The van der Waals surface area contributed by atoms with Gasteiger partial charge in [0.2, 0.25) is 0 Å². The summed E-state index contributed by atoms with van der Waals surface area (Å²) in [5.74, 6) is -0.783. The van der Waals surface area contributed by atoms with Gasteiger partial charge in [0.05, 0.1) is 6.54 Å². The van der Waals surface area contributed by atoms with Crippen molar-refractivity contribution in [1.82, 2.24) is 20.0 Å². The lowest BCUT2D eigenvalue weighted by molar-refractivity contribution is -0.139. The molecule has 1 heterocycles. The number of amides is 2. The first-order valence-corrected chi connectivity index (χ1v) is 9.82. The molecule has 3 fully saturated rings. The van der Waals surface area contributed by atoms with Gasteiger partial charge in [0.15, 0.2) is 0 Å². The molecule has 2 saturated carbocycles. The van der Waals surface area contributed by atoms with E-state index >= 15 is 0 Å². The van der Waals surface area contributed by atoms with Gasteiger partial charge in [-0.1, -0.05) is 19.8 Å². The number of aliphatic carboxylic acids is 1. The molecule has 142 valence electrons. The largest absolute Gasteiger partial charge is 0.480 e. The first-order valence-electron chi connectivity index (χ1n) is 9.82. The van der Waals surface area contributed by atoms with Crippen LogP contribution in [-0.2, 0) is 4.79 Å². The number of nitrogens with zero attached hydrogens (tertiary/aromatic N) is 3. The predicted molar refractivity (Wildman–Crippen MR) is 95.6 cm³/mol. The van der Waals surface area contributed by atoms with Crippen LogP contribution in [0.3, 0.4) is 0 Å². The molecule has 2 amide bonds. The summed E-state index contributed by atoms with van der Waals surface area (Å²) in [5, 5.41) is 12.1. The fourth-order valence-corrected chi connectivity index (χ4v) is 4.50. The maximum absolute atomic E-state index is 12.4. The molecule has 0 radical (unpaired) electrons. The van der Waals surface area contributed by atoms with E-state index < -0.39 is 5.97 Å². The Hall–Kier alpha value is -1.34. The van der Waals surface area contributed by atoms with Gasteiger partial charge in [0.1, 0.15) is 0 Å². The van der Waals surface area contributed by atoms with Gasteiger partial charge in [0, 0.05) is 44.3 Å². The number of nitrogens with one attached hydrogen (secondary N) is 1. The van der Waals surface area contributed by atoms with Crippen molar-refractivity contribution in [3.05, 3.63) is 0 Å². The van der Waals surface area contributed by atoms with Crippen molar-refractivity contribution in [2.45, 2.75) is 63.6 Å². The third kappa shape index (κ3) is 4.64. The zero-order chi connectivity index (χ0) is 17.8. The molecule has 3 rings (SSSR count). The molecular weight excluding hydrogens is 320 g/mol. The molecule has 1 saturated heterocycles. The topological polar surface area (TPSA) is 76.1 Å². The second-order valence-corrected chi connectivity index (χ2v) is 7.69. The van der Waals surface area contributed by atoms with E-state index in [-0.39, 0.29) is 24.7 Å². The number of hydrogen-bond acceptors (Lipinski definition) is 4. The Morgan fingerprint density at radius 1 is 1.12 bits per heavy atom. The van der Waals surface area contributed by atoms with Gasteiger partial charge in [-0.2, -0.15) is 0 Å². The Labute approximate surface area is 150 Å². The van der Waals surface area contributed by atoms with E-state index in [0.29, 0.717) is 0 Å². The number of carboxylic acids is 1. The summed E-state index contributed by atoms with van der Waals surface area (Å²) in [6.45, 7) is 6.43. The van der Waals surface area contributed by atoms with E-state index in [1.54, 1.807) is 0 Å². The van der Waals surface area contributed by atoms with Gasteiger partial charge >= 0.3 is 12.0 Å². The van der Waals surface area contributed by atoms with E-state index in [9.17, 15) is 9.59 Å². The van der Waals surface area contributed by atoms with Gasteiger partial charge in [-0.25, -0.2) is 4.79 Å². The van der Waals surface area contributed by atoms with Crippen LogP contribution >= 0.6 is 0 Å². The Morgan fingerprint density at radius 2 is 1.76 bits per heavy atom. The number of hydrogen-bond donors (Lipinski definition) is 2. The number of urea groups is 1. The first-order chi connectivity index (χ1) is 12.1. The molecule has 3 aliphatic rings. The van der Waals surface area contributed by atoms with E-state index in [1.807, 2.05) is 16.7 Å². The van der Waals surface area contributed by atoms with E-state index in [4.69, 9.17) is 5.11 Å². The minimum absolute atomic E-state index is 0.0517. The maximum atomic E-state index is 12.4. The highest BCUT2D eigenvalue weighted by atomic mass is 16.4. The summed E-state index contributed by atoms with van der Waals surface area (Å²) in [7, 11) is 0. The Kier molecular flexibility index (Phi) is 6.17. The van der Waals surface area contributed by atoms with Crippen LogP contribution in [0.1, 0.15) is 45.4 Å². The van der Waals surface area contributed by atoms with E-state index in [2.05, 4.69) is 10.2 Å². The van der Waals surface area contributed by atoms with Crippen molar-refractivity contribution in [2.75, 3.05) is 39.3 Å². The van der Waals surface area contributed by atoms with Gasteiger partial charge in [0.25, 0.3) is 0 Å². The third-order valence-electron chi connectivity index (χ3n) is 6.14. The highest BCUT2D eigenvalue weighted by molar-refractivity contribution is 5.74. The summed E-state index contributed by atoms with van der Waals surface area (Å²) >= 11 is 0. The lowest BCUT2D eigenvalue weighted by atomic mass is 9.85. The molecular formula is C18H32N4O3. The van der Waals surface area contributed by atoms with Gasteiger partial charge in [-0.3, -0.25) is 14.6 Å². The molecule has 0 aromatic rings. The Balaban J connectivity index is 1.36. The van der Waals surface area contributed by atoms with Gasteiger partial charge < -0.3 is 15.3 Å². The predicted octanol–water partition coefficient (Wildman–Crippen LogP) is 1.19. The molecule has 0 aromatic heterocycles. The fraction of sp³-hybridized carbons (Fsp3) is 0.889. The molecule has 0 spiro atoms. The van der Waals surface area contributed by atoms with Crippen LogP contribution in [0.5, 0.6) is 0 Å². The lowest BCUT2D eigenvalue weighted by Crippen LogP contribution is -2.59. The average molecular weight is 352 g/mol. The summed E-state index contributed by atoms with van der Waals surface area (Å²) in [4.78, 5) is 29.8. The molecule has 2 aliphatic carbocycles. The highest BCUT2D eigenvalue weighted by Gasteiger charge is 2.36. The van der Waals surface area contributed by atoms with Crippen molar-refractivity contribution >= 4 is 12.0 Å². The zero-order valence-corrected chi connectivity index (χ0v) is 15.3. The number of rotatable bonds is 6. The molecule has 7 nitrogen and oxygen atoms in total. The number of carbonyl (C=O) groups is 2. The summed E-state index contributed by atoms with van der Waals surface area (Å²) in [6, 6.07) is 1.27. The minimum atomic E-state index is -0.783. The molecule has 7 heteroatoms. The highest BCUT2D eigenvalue weighted by Crippen LogP contribution is 2.26. The van der Waals surface area contributed by atoms with Crippen LogP contribution in [0.2, 0.25) is 0 Å². The van der Waals surface area contributed by atoms with Crippen molar-refractivity contribution < 1.29 is 14.7 Å². The van der Waals surface area contributed by atoms with Crippen LogP contribution in [0.25, 0.3) is 0 Å². The Morgan fingerprint density at radius 3 is 2.32 bits per heavy atom. The molecule has 2 N–H and O–H groups in total. The minimum Gasteiger partial charge on any atom is -0.480 e. The molecule has 0 aromatic carbocycles. The van der Waals surface area contributed by atoms with Crippen LogP contribution in [0, 0.1) is 0 Å². The molecule has 1 aliphatic heterocycles. The lowest BCUT2D eigenvalue weighted by Gasteiger charge is -2.43. The van der Waals surface area contributed by atoms with E-state index in [0.717, 1.165) is 51.6 Å². The Bertz CT molecular complexity index is 467. The smallest absolute Gasteiger partial charge is 0.317 e. The first kappa shape index (κ1) is 18.5. The number of carboxylic acid groups (broad SMARTS) is 1. The second-order valence-electron chi connectivity index (χ2n) is 7.69.